The number of aryl methyl sites for hydroxylation is 2. The van der Waals surface area contributed by atoms with Crippen LogP contribution in [0.25, 0.3) is 0 Å². The van der Waals surface area contributed by atoms with Crippen LogP contribution in [0.3, 0.4) is 0 Å². The fraction of sp³-hybridized carbons (Fsp3) is 0.520. The number of carbonyl (C=O) groups excluding carboxylic acids is 1. The van der Waals surface area contributed by atoms with E-state index in [1.54, 1.807) is 18.3 Å². The van der Waals surface area contributed by atoms with E-state index >= 15 is 0 Å². The lowest BCUT2D eigenvalue weighted by atomic mass is 10.1. The van der Waals surface area contributed by atoms with Gasteiger partial charge in [-0.25, -0.2) is 9.78 Å². The lowest BCUT2D eigenvalue weighted by Gasteiger charge is -2.24. The summed E-state index contributed by atoms with van der Waals surface area (Å²) >= 11 is 0. The number of nitrogens with one attached hydrogen (secondary N) is 2. The third kappa shape index (κ3) is 8.06. The molecule has 9 heteroatoms. The second kappa shape index (κ2) is 13.6. The zero-order valence-corrected chi connectivity index (χ0v) is 19.5. The molecule has 34 heavy (non-hydrogen) atoms. The maximum atomic E-state index is 12.8. The molecule has 0 aliphatic carbocycles. The third-order valence-electron chi connectivity index (χ3n) is 5.98. The monoisotopic (exact) mass is 471 g/mol. The molecule has 2 aromatic rings. The molecular weight excluding hydrogens is 437 g/mol. The van der Waals surface area contributed by atoms with Crippen LogP contribution in [0.4, 0.5) is 10.2 Å². The van der Waals surface area contributed by atoms with Crippen LogP contribution in [0.15, 0.2) is 36.7 Å². The molecule has 184 valence electrons. The molecule has 1 amide bonds. The maximum Gasteiger partial charge on any atom is 0.326 e. The van der Waals surface area contributed by atoms with E-state index in [0.29, 0.717) is 25.1 Å². The van der Waals surface area contributed by atoms with Gasteiger partial charge in [0.05, 0.1) is 12.2 Å². The van der Waals surface area contributed by atoms with Gasteiger partial charge in [0.15, 0.2) is 0 Å². The topological polar surface area (TPSA) is 107 Å². The number of aromatic nitrogens is 2. The minimum atomic E-state index is -1.09. The zero-order valence-electron chi connectivity index (χ0n) is 19.5. The molecule has 3 rings (SSSR count). The number of carboxylic acids is 1. The largest absolute Gasteiger partial charge is 0.480 e. The Hall–Kier alpha value is -3.07. The lowest BCUT2D eigenvalue weighted by molar-refractivity contribution is -0.139. The van der Waals surface area contributed by atoms with Crippen LogP contribution >= 0.6 is 0 Å². The van der Waals surface area contributed by atoms with E-state index < -0.39 is 24.6 Å². The molecular formula is C25H34FN5O3. The molecule has 1 aliphatic heterocycles. The molecule has 0 aromatic carbocycles. The van der Waals surface area contributed by atoms with Gasteiger partial charge >= 0.3 is 5.97 Å². The number of fused-ring (bicyclic) bond motifs is 1. The zero-order chi connectivity index (χ0) is 24.2. The van der Waals surface area contributed by atoms with Crippen molar-refractivity contribution in [3.8, 4) is 0 Å². The van der Waals surface area contributed by atoms with Crippen LogP contribution in [0.2, 0.25) is 0 Å². The van der Waals surface area contributed by atoms with Gasteiger partial charge in [-0.15, -0.1) is 0 Å². The molecule has 0 saturated carbocycles. The summed E-state index contributed by atoms with van der Waals surface area (Å²) in [4.78, 5) is 34.7. The Kier molecular flexibility index (Phi) is 10.2. The summed E-state index contributed by atoms with van der Waals surface area (Å²) in [6, 6.07) is 6.44. The van der Waals surface area contributed by atoms with Crippen molar-refractivity contribution in [2.24, 2.45) is 0 Å². The Morgan fingerprint density at radius 1 is 1.18 bits per heavy atom. The molecule has 0 spiro atoms. The van der Waals surface area contributed by atoms with Crippen LogP contribution in [0.1, 0.15) is 53.7 Å². The number of amides is 1. The van der Waals surface area contributed by atoms with Crippen molar-refractivity contribution < 1.29 is 19.1 Å². The number of halogens is 1. The van der Waals surface area contributed by atoms with Crippen molar-refractivity contribution in [1.29, 1.82) is 0 Å². The van der Waals surface area contributed by atoms with Gasteiger partial charge in [0.2, 0.25) is 0 Å². The number of anilines is 1. The first-order chi connectivity index (χ1) is 16.6. The molecule has 0 unspecified atom stereocenters. The summed E-state index contributed by atoms with van der Waals surface area (Å²) in [7, 11) is 0. The average molecular weight is 472 g/mol. The Morgan fingerprint density at radius 2 is 2.03 bits per heavy atom. The Labute approximate surface area is 200 Å². The van der Waals surface area contributed by atoms with Crippen LogP contribution in [-0.2, 0) is 17.6 Å². The van der Waals surface area contributed by atoms with Crippen molar-refractivity contribution in [2.75, 3.05) is 38.2 Å². The van der Waals surface area contributed by atoms with Gasteiger partial charge in [0.25, 0.3) is 5.91 Å². The van der Waals surface area contributed by atoms with Gasteiger partial charge in [-0.1, -0.05) is 6.07 Å². The number of hydrogen-bond donors (Lipinski definition) is 3. The Morgan fingerprint density at radius 3 is 2.79 bits per heavy atom. The fourth-order valence-corrected chi connectivity index (χ4v) is 4.08. The molecule has 1 atom stereocenters. The highest BCUT2D eigenvalue weighted by Gasteiger charge is 2.22. The molecule has 0 saturated heterocycles. The summed E-state index contributed by atoms with van der Waals surface area (Å²) < 4.78 is 12.8. The number of hydrogen-bond acceptors (Lipinski definition) is 6. The smallest absolute Gasteiger partial charge is 0.326 e. The molecule has 8 nitrogen and oxygen atoms in total. The van der Waals surface area contributed by atoms with Gasteiger partial charge in [0.1, 0.15) is 11.9 Å². The molecule has 1 aliphatic rings. The number of nitrogens with zero attached hydrogens (tertiary/aromatic N) is 3. The number of unbranched alkanes of at least 4 members (excludes halogenated alkanes) is 1. The normalized spacial score (nSPS) is 13.7. The predicted molar refractivity (Wildman–Crippen MR) is 129 cm³/mol. The van der Waals surface area contributed by atoms with Crippen LogP contribution in [0, 0.1) is 0 Å². The summed E-state index contributed by atoms with van der Waals surface area (Å²) in [6.45, 7) is 2.31. The Bertz CT molecular complexity index is 928. The molecule has 3 N–H and O–H groups in total. The molecule has 0 radical (unpaired) electrons. The number of alkyl halides is 1. The minimum absolute atomic E-state index is 0.242. The SMILES string of the molecule is O=C(N[C@@H](CCN(CCCF)CCCCc1ccc2c(n1)NCCC2)C(=O)O)c1cccnc1. The minimum Gasteiger partial charge on any atom is -0.480 e. The van der Waals surface area contributed by atoms with Gasteiger partial charge in [0, 0.05) is 37.7 Å². The van der Waals surface area contributed by atoms with E-state index in [1.165, 1.54) is 11.8 Å². The number of pyridine rings is 2. The van der Waals surface area contributed by atoms with Crippen molar-refractivity contribution in [2.45, 2.75) is 51.0 Å². The first-order valence-corrected chi connectivity index (χ1v) is 12.0. The quantitative estimate of drug-likeness (QED) is 0.364. The summed E-state index contributed by atoms with van der Waals surface area (Å²) in [5, 5.41) is 15.5. The van der Waals surface area contributed by atoms with Crippen molar-refractivity contribution in [3.05, 3.63) is 53.5 Å². The third-order valence-corrected chi connectivity index (χ3v) is 5.98. The second-order valence-corrected chi connectivity index (χ2v) is 8.58. The number of carboxylic acid groups (broad SMARTS) is 1. The van der Waals surface area contributed by atoms with E-state index in [0.717, 1.165) is 56.7 Å². The highest BCUT2D eigenvalue weighted by molar-refractivity contribution is 5.96. The standard InChI is InChI=1S/C25H34FN5O3/c26-12-5-16-31(15-2-1-8-21-10-9-19-6-4-14-28-23(19)29-21)17-11-22(25(33)34)30-24(32)20-7-3-13-27-18-20/h3,7,9-10,13,18,22H,1-2,4-6,8,11-12,14-17H2,(H,28,29)(H,30,32)(H,33,34)/t22-/m0/s1. The van der Waals surface area contributed by atoms with Gasteiger partial charge in [-0.05, 0) is 75.3 Å². The lowest BCUT2D eigenvalue weighted by Crippen LogP contribution is -2.43. The van der Waals surface area contributed by atoms with Crippen LogP contribution in [0.5, 0.6) is 0 Å². The molecule has 2 aromatic heterocycles. The summed E-state index contributed by atoms with van der Waals surface area (Å²) in [5.41, 5.74) is 2.65. The second-order valence-electron chi connectivity index (χ2n) is 8.58. The van der Waals surface area contributed by atoms with Gasteiger partial charge < -0.3 is 20.6 Å². The van der Waals surface area contributed by atoms with Crippen molar-refractivity contribution in [1.82, 2.24) is 20.2 Å². The molecule has 3 heterocycles. The predicted octanol–water partition coefficient (Wildman–Crippen LogP) is 3.09. The number of aliphatic carboxylic acids is 1. The maximum absolute atomic E-state index is 12.8. The van der Waals surface area contributed by atoms with E-state index in [9.17, 15) is 19.1 Å². The fourth-order valence-electron chi connectivity index (χ4n) is 4.08. The van der Waals surface area contributed by atoms with E-state index in [2.05, 4.69) is 32.7 Å². The van der Waals surface area contributed by atoms with E-state index in [-0.39, 0.29) is 6.42 Å². The van der Waals surface area contributed by atoms with Crippen LogP contribution in [-0.4, -0.2) is 70.7 Å². The summed E-state index contributed by atoms with van der Waals surface area (Å²) in [6.07, 6.45) is 8.50. The van der Waals surface area contributed by atoms with E-state index in [4.69, 9.17) is 4.98 Å². The van der Waals surface area contributed by atoms with Gasteiger partial charge in [-0.3, -0.25) is 14.2 Å². The first-order valence-electron chi connectivity index (χ1n) is 12.0. The highest BCUT2D eigenvalue weighted by Crippen LogP contribution is 2.20. The van der Waals surface area contributed by atoms with Gasteiger partial charge in [-0.2, -0.15) is 0 Å². The van der Waals surface area contributed by atoms with Crippen molar-refractivity contribution >= 4 is 17.7 Å². The highest BCUT2D eigenvalue weighted by atomic mass is 19.1. The number of rotatable bonds is 14. The molecule has 0 fully saturated rings. The van der Waals surface area contributed by atoms with Crippen LogP contribution < -0.4 is 10.6 Å². The van der Waals surface area contributed by atoms with E-state index in [1.807, 2.05) is 0 Å². The Balaban J connectivity index is 1.46. The number of carbonyl (C=O) groups is 2. The molecule has 0 bridgehead atoms. The average Bonchev–Trinajstić information content (AvgIpc) is 2.86. The first kappa shape index (κ1) is 25.6. The summed E-state index contributed by atoms with van der Waals surface area (Å²) in [5.74, 6) is -0.556. The van der Waals surface area contributed by atoms with Crippen molar-refractivity contribution in [3.63, 3.8) is 0 Å².